The highest BCUT2D eigenvalue weighted by molar-refractivity contribution is 5.94. The van der Waals surface area contributed by atoms with Crippen LogP contribution in [0.2, 0.25) is 0 Å². The zero-order chi connectivity index (χ0) is 15.1. The van der Waals surface area contributed by atoms with Crippen molar-refractivity contribution < 1.29 is 9.53 Å². The Hall–Kier alpha value is -1.90. The van der Waals surface area contributed by atoms with Gasteiger partial charge in [-0.3, -0.25) is 4.79 Å². The van der Waals surface area contributed by atoms with Gasteiger partial charge in [0.25, 0.3) is 5.91 Å². The van der Waals surface area contributed by atoms with Gasteiger partial charge in [-0.15, -0.1) is 0 Å². The Morgan fingerprint density at radius 3 is 3.05 bits per heavy atom. The highest BCUT2D eigenvalue weighted by Gasteiger charge is 2.42. The second kappa shape index (κ2) is 7.21. The topological polar surface area (TPSA) is 77.2 Å². The van der Waals surface area contributed by atoms with Crippen LogP contribution in [-0.2, 0) is 4.74 Å². The molecule has 0 aliphatic heterocycles. The van der Waals surface area contributed by atoms with Crippen LogP contribution in [-0.4, -0.2) is 37.7 Å². The summed E-state index contributed by atoms with van der Waals surface area (Å²) in [6.45, 7) is 1.65. The third kappa shape index (κ3) is 4.28. The maximum absolute atomic E-state index is 12.3. The van der Waals surface area contributed by atoms with Gasteiger partial charge < -0.3 is 15.8 Å². The molecule has 0 unspecified atom stereocenters. The van der Waals surface area contributed by atoms with Crippen LogP contribution in [0.15, 0.2) is 18.3 Å². The standard InChI is InChI=1S/C16H21N3O2/c1-21-11-8-16(6-7-16)12-19-15(20)14-13(4-2-9-17)5-3-10-18-14/h3,5,10H,6-9,11-12,17H2,1H3,(H,19,20). The SMILES string of the molecule is COCCC1(CNC(=O)c2ncccc2C#CCN)CC1. The number of pyridine rings is 1. The molecule has 112 valence electrons. The van der Waals surface area contributed by atoms with Crippen LogP contribution >= 0.6 is 0 Å². The number of carbonyl (C=O) groups excluding carboxylic acids is 1. The van der Waals surface area contributed by atoms with E-state index in [1.165, 1.54) is 0 Å². The first-order valence-electron chi connectivity index (χ1n) is 7.12. The van der Waals surface area contributed by atoms with Crippen LogP contribution < -0.4 is 11.1 Å². The van der Waals surface area contributed by atoms with Crippen molar-refractivity contribution in [1.82, 2.24) is 10.3 Å². The Morgan fingerprint density at radius 2 is 2.38 bits per heavy atom. The van der Waals surface area contributed by atoms with Crippen LogP contribution in [0, 0.1) is 17.3 Å². The maximum Gasteiger partial charge on any atom is 0.271 e. The van der Waals surface area contributed by atoms with E-state index in [1.807, 2.05) is 0 Å². The number of ether oxygens (including phenoxy) is 1. The Labute approximate surface area is 125 Å². The van der Waals surface area contributed by atoms with Gasteiger partial charge in [-0.2, -0.15) is 0 Å². The van der Waals surface area contributed by atoms with Gasteiger partial charge in [-0.25, -0.2) is 4.98 Å². The fraction of sp³-hybridized carbons (Fsp3) is 0.500. The first-order chi connectivity index (χ1) is 10.2. The fourth-order valence-electron chi connectivity index (χ4n) is 2.20. The van der Waals surface area contributed by atoms with Gasteiger partial charge in [0.2, 0.25) is 0 Å². The van der Waals surface area contributed by atoms with E-state index in [1.54, 1.807) is 25.4 Å². The molecule has 0 atom stereocenters. The van der Waals surface area contributed by atoms with E-state index in [2.05, 4.69) is 22.1 Å². The van der Waals surface area contributed by atoms with Crippen LogP contribution in [0.5, 0.6) is 0 Å². The molecule has 1 amide bonds. The van der Waals surface area contributed by atoms with E-state index in [4.69, 9.17) is 10.5 Å². The largest absolute Gasteiger partial charge is 0.385 e. The summed E-state index contributed by atoms with van der Waals surface area (Å²) in [6, 6.07) is 3.54. The second-order valence-electron chi connectivity index (χ2n) is 5.33. The lowest BCUT2D eigenvalue weighted by molar-refractivity contribution is 0.0932. The monoisotopic (exact) mass is 287 g/mol. The fourth-order valence-corrected chi connectivity index (χ4v) is 2.20. The molecule has 1 fully saturated rings. The van der Waals surface area contributed by atoms with E-state index in [9.17, 15) is 4.79 Å². The maximum atomic E-state index is 12.3. The van der Waals surface area contributed by atoms with Gasteiger partial charge in [-0.05, 0) is 36.8 Å². The Morgan fingerprint density at radius 1 is 1.57 bits per heavy atom. The summed E-state index contributed by atoms with van der Waals surface area (Å²) in [7, 11) is 1.70. The number of hydrogen-bond acceptors (Lipinski definition) is 4. The predicted molar refractivity (Wildman–Crippen MR) is 80.7 cm³/mol. The highest BCUT2D eigenvalue weighted by Crippen LogP contribution is 2.48. The van der Waals surface area contributed by atoms with Crippen molar-refractivity contribution in [1.29, 1.82) is 0 Å². The number of nitrogens with two attached hydrogens (primary N) is 1. The molecule has 1 saturated carbocycles. The second-order valence-corrected chi connectivity index (χ2v) is 5.33. The summed E-state index contributed by atoms with van der Waals surface area (Å²) in [5.74, 6) is 5.46. The van der Waals surface area contributed by atoms with Crippen molar-refractivity contribution in [2.75, 3.05) is 26.8 Å². The molecule has 0 bridgehead atoms. The lowest BCUT2D eigenvalue weighted by atomic mass is 10.0. The minimum absolute atomic E-state index is 0.180. The smallest absolute Gasteiger partial charge is 0.271 e. The van der Waals surface area contributed by atoms with Crippen LogP contribution in [0.4, 0.5) is 0 Å². The van der Waals surface area contributed by atoms with Crippen molar-refractivity contribution in [2.24, 2.45) is 11.1 Å². The van der Waals surface area contributed by atoms with Crippen molar-refractivity contribution in [2.45, 2.75) is 19.3 Å². The molecule has 21 heavy (non-hydrogen) atoms. The quantitative estimate of drug-likeness (QED) is 0.763. The average Bonchev–Trinajstić information content (AvgIpc) is 3.29. The average molecular weight is 287 g/mol. The number of rotatable bonds is 6. The molecule has 0 saturated heterocycles. The molecule has 0 spiro atoms. The molecule has 5 heteroatoms. The third-order valence-corrected chi connectivity index (χ3v) is 3.77. The minimum atomic E-state index is -0.180. The Kier molecular flexibility index (Phi) is 5.32. The molecule has 5 nitrogen and oxygen atoms in total. The van der Waals surface area contributed by atoms with Gasteiger partial charge >= 0.3 is 0 Å². The molecule has 1 aliphatic rings. The van der Waals surface area contributed by atoms with E-state index in [0.29, 0.717) is 17.8 Å². The van der Waals surface area contributed by atoms with E-state index in [0.717, 1.165) is 25.9 Å². The third-order valence-electron chi connectivity index (χ3n) is 3.77. The molecule has 1 aliphatic carbocycles. The number of nitrogens with zero attached hydrogens (tertiary/aromatic N) is 1. The lowest BCUT2D eigenvalue weighted by Crippen LogP contribution is -2.31. The number of nitrogens with one attached hydrogen (secondary N) is 1. The van der Waals surface area contributed by atoms with Crippen LogP contribution in [0.1, 0.15) is 35.3 Å². The Balaban J connectivity index is 1.98. The summed E-state index contributed by atoms with van der Waals surface area (Å²) in [5, 5.41) is 2.97. The van der Waals surface area contributed by atoms with Gasteiger partial charge in [-0.1, -0.05) is 11.8 Å². The highest BCUT2D eigenvalue weighted by atomic mass is 16.5. The molecule has 1 heterocycles. The first kappa shape index (κ1) is 15.5. The van der Waals surface area contributed by atoms with Crippen molar-refractivity contribution in [3.8, 4) is 11.8 Å². The van der Waals surface area contributed by atoms with Crippen molar-refractivity contribution in [3.05, 3.63) is 29.6 Å². The van der Waals surface area contributed by atoms with E-state index in [-0.39, 0.29) is 17.9 Å². The van der Waals surface area contributed by atoms with E-state index < -0.39 is 0 Å². The number of hydrogen-bond donors (Lipinski definition) is 2. The molecule has 3 N–H and O–H groups in total. The first-order valence-corrected chi connectivity index (χ1v) is 7.12. The van der Waals surface area contributed by atoms with Gasteiger partial charge in [0.05, 0.1) is 12.1 Å². The molecular formula is C16H21N3O2. The normalized spacial score (nSPS) is 15.0. The lowest BCUT2D eigenvalue weighted by Gasteiger charge is -2.15. The summed E-state index contributed by atoms with van der Waals surface area (Å²) < 4.78 is 5.12. The summed E-state index contributed by atoms with van der Waals surface area (Å²) in [5.41, 5.74) is 6.55. The van der Waals surface area contributed by atoms with Gasteiger partial charge in [0.15, 0.2) is 0 Å². The zero-order valence-electron chi connectivity index (χ0n) is 12.3. The van der Waals surface area contributed by atoms with Gasteiger partial charge in [0, 0.05) is 26.5 Å². The molecule has 1 aromatic rings. The molecule has 2 rings (SSSR count). The van der Waals surface area contributed by atoms with Gasteiger partial charge in [0.1, 0.15) is 5.69 Å². The van der Waals surface area contributed by atoms with Crippen molar-refractivity contribution >= 4 is 5.91 Å². The van der Waals surface area contributed by atoms with Crippen LogP contribution in [0.3, 0.4) is 0 Å². The summed E-state index contributed by atoms with van der Waals surface area (Å²) >= 11 is 0. The van der Waals surface area contributed by atoms with E-state index >= 15 is 0 Å². The zero-order valence-corrected chi connectivity index (χ0v) is 12.3. The minimum Gasteiger partial charge on any atom is -0.385 e. The number of carbonyl (C=O) groups is 1. The Bertz CT molecular complexity index is 556. The molecule has 0 radical (unpaired) electrons. The number of aromatic nitrogens is 1. The number of methoxy groups -OCH3 is 1. The summed E-state index contributed by atoms with van der Waals surface area (Å²) in [4.78, 5) is 16.4. The molecule has 1 aromatic heterocycles. The molecule has 0 aromatic carbocycles. The summed E-state index contributed by atoms with van der Waals surface area (Å²) in [6.07, 6.45) is 4.85. The predicted octanol–water partition coefficient (Wildman–Crippen LogP) is 0.938. The van der Waals surface area contributed by atoms with Crippen molar-refractivity contribution in [3.63, 3.8) is 0 Å². The number of amides is 1. The molecular weight excluding hydrogens is 266 g/mol. The van der Waals surface area contributed by atoms with Crippen LogP contribution in [0.25, 0.3) is 0 Å².